The zero-order valence-electron chi connectivity index (χ0n) is 17.3. The molecule has 3 N–H and O–H groups in total. The Kier molecular flexibility index (Phi) is 6.36. The molecular weight excluding hydrogens is 390 g/mol. The second-order valence-electron chi connectivity index (χ2n) is 7.70. The molecule has 8 heteroatoms. The van der Waals surface area contributed by atoms with E-state index in [0.29, 0.717) is 23.3 Å². The summed E-state index contributed by atoms with van der Waals surface area (Å²) >= 11 is 0. The lowest BCUT2D eigenvalue weighted by molar-refractivity contribution is 0.0944. The minimum absolute atomic E-state index is 0.172. The van der Waals surface area contributed by atoms with Crippen LogP contribution in [0.15, 0.2) is 36.4 Å². The second-order valence-corrected chi connectivity index (χ2v) is 7.70. The molecule has 2 heterocycles. The highest BCUT2D eigenvalue weighted by atomic mass is 19.1. The van der Waals surface area contributed by atoms with Crippen molar-refractivity contribution in [2.75, 3.05) is 6.54 Å². The van der Waals surface area contributed by atoms with Gasteiger partial charge in [-0.3, -0.25) is 4.79 Å². The summed E-state index contributed by atoms with van der Waals surface area (Å²) in [5.41, 5.74) is 6.98. The van der Waals surface area contributed by atoms with Gasteiger partial charge in [0.15, 0.2) is 0 Å². The van der Waals surface area contributed by atoms with Crippen molar-refractivity contribution in [3.05, 3.63) is 64.9 Å². The summed E-state index contributed by atoms with van der Waals surface area (Å²) in [7, 11) is 0. The lowest BCUT2D eigenvalue weighted by atomic mass is 9.97. The van der Waals surface area contributed by atoms with Gasteiger partial charge in [0.1, 0.15) is 18.2 Å². The van der Waals surface area contributed by atoms with E-state index < -0.39 is 17.2 Å². The van der Waals surface area contributed by atoms with Crippen molar-refractivity contribution in [2.24, 2.45) is 5.73 Å². The van der Waals surface area contributed by atoms with Crippen LogP contribution in [0.1, 0.15) is 48.3 Å². The van der Waals surface area contributed by atoms with E-state index in [1.54, 1.807) is 25.1 Å². The number of amides is 1. The van der Waals surface area contributed by atoms with Gasteiger partial charge in [-0.2, -0.15) is 9.61 Å². The molecular formula is C22H26F2N4O2. The third-order valence-corrected chi connectivity index (χ3v) is 4.92. The van der Waals surface area contributed by atoms with E-state index in [4.69, 9.17) is 10.5 Å². The number of hydrogen-bond acceptors (Lipinski definition) is 4. The Morgan fingerprint density at radius 1 is 1.23 bits per heavy atom. The highest BCUT2D eigenvalue weighted by Gasteiger charge is 2.23. The summed E-state index contributed by atoms with van der Waals surface area (Å²) in [6, 6.07) is 8.70. The Morgan fingerprint density at radius 2 is 1.90 bits per heavy atom. The van der Waals surface area contributed by atoms with Crippen molar-refractivity contribution in [3.63, 3.8) is 0 Å². The van der Waals surface area contributed by atoms with E-state index >= 15 is 0 Å². The highest BCUT2D eigenvalue weighted by Crippen LogP contribution is 2.23. The zero-order chi connectivity index (χ0) is 21.9. The summed E-state index contributed by atoms with van der Waals surface area (Å²) in [4.78, 5) is 12.8. The van der Waals surface area contributed by atoms with Gasteiger partial charge >= 0.3 is 0 Å². The molecule has 0 aliphatic carbocycles. The number of nitrogens with two attached hydrogens (primary N) is 1. The molecule has 0 saturated carbocycles. The van der Waals surface area contributed by atoms with E-state index in [1.807, 2.05) is 13.8 Å². The van der Waals surface area contributed by atoms with E-state index in [0.717, 1.165) is 12.8 Å². The summed E-state index contributed by atoms with van der Waals surface area (Å²) < 4.78 is 34.8. The fourth-order valence-electron chi connectivity index (χ4n) is 3.40. The fraction of sp³-hybridized carbons (Fsp3) is 0.364. The number of ether oxygens (including phenoxy) is 1. The number of rotatable bonds is 8. The SMILES string of the molecule is CCCC(C)(N)CNC(=O)c1c(C)nn2c(OCc3c(F)cccc3F)cccc12. The fourth-order valence-corrected chi connectivity index (χ4v) is 3.40. The molecule has 160 valence electrons. The van der Waals surface area contributed by atoms with Gasteiger partial charge in [-0.25, -0.2) is 8.78 Å². The van der Waals surface area contributed by atoms with E-state index in [-0.39, 0.29) is 24.0 Å². The molecule has 1 unspecified atom stereocenters. The molecule has 3 aromatic rings. The number of hydrogen-bond donors (Lipinski definition) is 2. The first-order valence-electron chi connectivity index (χ1n) is 9.84. The second kappa shape index (κ2) is 8.79. The number of halogens is 2. The highest BCUT2D eigenvalue weighted by molar-refractivity contribution is 6.02. The summed E-state index contributed by atoms with van der Waals surface area (Å²) in [5, 5.41) is 7.26. The summed E-state index contributed by atoms with van der Waals surface area (Å²) in [5.74, 6) is -1.38. The van der Waals surface area contributed by atoms with Gasteiger partial charge in [-0.05, 0) is 38.5 Å². The van der Waals surface area contributed by atoms with Crippen LogP contribution in [0.4, 0.5) is 8.78 Å². The monoisotopic (exact) mass is 416 g/mol. The molecule has 6 nitrogen and oxygen atoms in total. The lowest BCUT2D eigenvalue weighted by Gasteiger charge is -2.24. The van der Waals surface area contributed by atoms with Gasteiger partial charge < -0.3 is 15.8 Å². The Balaban J connectivity index is 1.84. The predicted molar refractivity (Wildman–Crippen MR) is 110 cm³/mol. The molecule has 0 radical (unpaired) electrons. The van der Waals surface area contributed by atoms with Crippen molar-refractivity contribution in [1.82, 2.24) is 14.9 Å². The zero-order valence-corrected chi connectivity index (χ0v) is 17.3. The van der Waals surface area contributed by atoms with Crippen LogP contribution >= 0.6 is 0 Å². The molecule has 0 saturated heterocycles. The van der Waals surface area contributed by atoms with Gasteiger partial charge in [0.2, 0.25) is 5.88 Å². The average molecular weight is 416 g/mol. The number of aryl methyl sites for hydroxylation is 1. The topological polar surface area (TPSA) is 81.6 Å². The molecule has 3 rings (SSSR count). The van der Waals surface area contributed by atoms with Gasteiger partial charge in [-0.15, -0.1) is 0 Å². The molecule has 1 atom stereocenters. The van der Waals surface area contributed by atoms with Gasteiger partial charge in [-0.1, -0.05) is 25.5 Å². The first kappa shape index (κ1) is 21.7. The number of nitrogens with one attached hydrogen (secondary N) is 1. The molecule has 2 aromatic heterocycles. The maximum atomic E-state index is 13.9. The van der Waals surface area contributed by atoms with E-state index in [1.165, 1.54) is 22.7 Å². The Bertz CT molecular complexity index is 1040. The van der Waals surface area contributed by atoms with Gasteiger partial charge in [0, 0.05) is 18.2 Å². The van der Waals surface area contributed by atoms with Crippen molar-refractivity contribution >= 4 is 11.4 Å². The van der Waals surface area contributed by atoms with Gasteiger partial charge in [0.05, 0.1) is 22.3 Å². The first-order chi connectivity index (χ1) is 14.2. The smallest absolute Gasteiger partial charge is 0.255 e. The normalized spacial score (nSPS) is 13.3. The molecule has 1 aromatic carbocycles. The number of aromatic nitrogens is 2. The van der Waals surface area contributed by atoms with E-state index in [9.17, 15) is 13.6 Å². The number of pyridine rings is 1. The molecule has 30 heavy (non-hydrogen) atoms. The molecule has 0 spiro atoms. The van der Waals surface area contributed by atoms with Crippen LogP contribution in [0.25, 0.3) is 5.52 Å². The van der Waals surface area contributed by atoms with Gasteiger partial charge in [0.25, 0.3) is 5.91 Å². The van der Waals surface area contributed by atoms with Crippen molar-refractivity contribution in [1.29, 1.82) is 0 Å². The minimum Gasteiger partial charge on any atom is -0.473 e. The molecule has 0 bridgehead atoms. The van der Waals surface area contributed by atoms with Crippen molar-refractivity contribution in [2.45, 2.75) is 45.8 Å². The quantitative estimate of drug-likeness (QED) is 0.586. The number of fused-ring (bicyclic) bond motifs is 1. The number of carbonyl (C=O) groups excluding carboxylic acids is 1. The summed E-state index contributed by atoms with van der Waals surface area (Å²) in [6.45, 7) is 5.68. The number of carbonyl (C=O) groups is 1. The Morgan fingerprint density at radius 3 is 2.57 bits per heavy atom. The third kappa shape index (κ3) is 4.59. The Hall–Kier alpha value is -3.00. The van der Waals surface area contributed by atoms with Crippen molar-refractivity contribution in [3.8, 4) is 5.88 Å². The summed E-state index contributed by atoms with van der Waals surface area (Å²) in [6.07, 6.45) is 1.70. The standard InChI is InChI=1S/C22H26F2N4O2/c1-4-11-22(3,25)13-26-21(29)20-14(2)27-28-18(20)9-6-10-19(28)30-12-15-16(23)7-5-8-17(15)24/h5-10H,4,11-13,25H2,1-3H3,(H,26,29). The average Bonchev–Trinajstić information content (AvgIpc) is 3.02. The van der Waals surface area contributed by atoms with Crippen LogP contribution in [0.3, 0.4) is 0 Å². The first-order valence-corrected chi connectivity index (χ1v) is 9.84. The number of benzene rings is 1. The van der Waals surface area contributed by atoms with Crippen LogP contribution in [0.2, 0.25) is 0 Å². The van der Waals surface area contributed by atoms with Crippen LogP contribution in [-0.4, -0.2) is 27.6 Å². The van der Waals surface area contributed by atoms with Crippen molar-refractivity contribution < 1.29 is 18.3 Å². The molecule has 0 aliphatic rings. The van der Waals surface area contributed by atoms with Crippen LogP contribution in [0, 0.1) is 18.6 Å². The molecule has 0 aliphatic heterocycles. The molecule has 1 amide bonds. The van der Waals surface area contributed by atoms with E-state index in [2.05, 4.69) is 10.4 Å². The maximum absolute atomic E-state index is 13.9. The van der Waals surface area contributed by atoms with Crippen LogP contribution in [0.5, 0.6) is 5.88 Å². The Labute approximate surface area is 174 Å². The number of nitrogens with zero attached hydrogens (tertiary/aromatic N) is 2. The minimum atomic E-state index is -0.684. The predicted octanol–water partition coefficient (Wildman–Crippen LogP) is 3.75. The maximum Gasteiger partial charge on any atom is 0.255 e. The van der Waals surface area contributed by atoms with Crippen LogP contribution < -0.4 is 15.8 Å². The lowest BCUT2D eigenvalue weighted by Crippen LogP contribution is -2.47. The largest absolute Gasteiger partial charge is 0.473 e. The van der Waals surface area contributed by atoms with Crippen LogP contribution in [-0.2, 0) is 6.61 Å². The third-order valence-electron chi connectivity index (χ3n) is 4.92. The molecule has 0 fully saturated rings.